The van der Waals surface area contributed by atoms with Crippen molar-refractivity contribution in [1.82, 2.24) is 9.97 Å². The van der Waals surface area contributed by atoms with E-state index in [0.717, 1.165) is 26.1 Å². The Hall–Kier alpha value is -2.05. The molecule has 0 radical (unpaired) electrons. The van der Waals surface area contributed by atoms with Gasteiger partial charge in [0.25, 0.3) is 0 Å². The number of aliphatic carboxylic acids is 1. The summed E-state index contributed by atoms with van der Waals surface area (Å²) < 4.78 is 0. The van der Waals surface area contributed by atoms with Gasteiger partial charge in [0.1, 0.15) is 5.01 Å². The minimum absolute atomic E-state index is 0.0161. The number of nitrogens with zero attached hydrogens (tertiary/aromatic N) is 2. The number of carbonyl (C=O) groups is 1. The van der Waals surface area contributed by atoms with E-state index >= 15 is 0 Å². The summed E-state index contributed by atoms with van der Waals surface area (Å²) in [6, 6.07) is 9.50. The summed E-state index contributed by atoms with van der Waals surface area (Å²) in [6.07, 6.45) is 1.69. The van der Waals surface area contributed by atoms with E-state index in [4.69, 9.17) is 5.11 Å². The van der Waals surface area contributed by atoms with Crippen LogP contribution in [0.25, 0.3) is 21.3 Å². The minimum Gasteiger partial charge on any atom is -0.481 e. The fraction of sp³-hybridized carbons (Fsp3) is 0.0714. The fourth-order valence-electron chi connectivity index (χ4n) is 1.81. The average molecular weight is 302 g/mol. The van der Waals surface area contributed by atoms with Crippen LogP contribution in [0.2, 0.25) is 0 Å². The normalized spacial score (nSPS) is 10.6. The third-order valence-corrected chi connectivity index (χ3v) is 4.60. The van der Waals surface area contributed by atoms with Crippen LogP contribution in [-0.4, -0.2) is 21.0 Å². The van der Waals surface area contributed by atoms with Gasteiger partial charge in [-0.2, -0.15) is 0 Å². The topological polar surface area (TPSA) is 63.1 Å². The predicted molar refractivity (Wildman–Crippen MR) is 80.0 cm³/mol. The molecule has 100 valence electrons. The first-order valence-electron chi connectivity index (χ1n) is 5.91. The standard InChI is InChI=1S/C14H10N2O2S2/c17-12(18)8-11-13(10-5-3-7-19-10)16-14(20-11)9-4-1-2-6-15-9/h1-7H,8H2,(H,17,18). The summed E-state index contributed by atoms with van der Waals surface area (Å²) in [5.74, 6) is -0.848. The van der Waals surface area contributed by atoms with Crippen molar-refractivity contribution in [2.75, 3.05) is 0 Å². The van der Waals surface area contributed by atoms with E-state index < -0.39 is 5.97 Å². The molecule has 20 heavy (non-hydrogen) atoms. The molecule has 0 aliphatic carbocycles. The maximum atomic E-state index is 11.0. The van der Waals surface area contributed by atoms with Crippen LogP contribution < -0.4 is 0 Å². The molecule has 0 spiro atoms. The molecule has 6 heteroatoms. The van der Waals surface area contributed by atoms with Crippen molar-refractivity contribution < 1.29 is 9.90 Å². The second-order valence-electron chi connectivity index (χ2n) is 4.05. The van der Waals surface area contributed by atoms with Gasteiger partial charge >= 0.3 is 5.97 Å². The third kappa shape index (κ3) is 2.61. The monoisotopic (exact) mass is 302 g/mol. The lowest BCUT2D eigenvalue weighted by molar-refractivity contribution is -0.136. The van der Waals surface area contributed by atoms with Gasteiger partial charge in [0.05, 0.1) is 22.7 Å². The number of thiophene rings is 1. The van der Waals surface area contributed by atoms with Crippen molar-refractivity contribution in [3.05, 3.63) is 46.8 Å². The molecule has 0 amide bonds. The molecule has 0 bridgehead atoms. The molecule has 0 saturated heterocycles. The first-order chi connectivity index (χ1) is 9.74. The number of carboxylic acid groups (broad SMARTS) is 1. The van der Waals surface area contributed by atoms with Crippen LogP contribution in [0.15, 0.2) is 41.9 Å². The van der Waals surface area contributed by atoms with Crippen molar-refractivity contribution in [2.24, 2.45) is 0 Å². The molecular weight excluding hydrogens is 292 g/mol. The Kier molecular flexibility index (Phi) is 3.58. The Morgan fingerprint density at radius 1 is 1.25 bits per heavy atom. The van der Waals surface area contributed by atoms with Gasteiger partial charge in [-0.25, -0.2) is 4.98 Å². The summed E-state index contributed by atoms with van der Waals surface area (Å²) in [5, 5.41) is 11.7. The smallest absolute Gasteiger partial charge is 0.308 e. The molecule has 3 rings (SSSR count). The number of thiazole rings is 1. The summed E-state index contributed by atoms with van der Waals surface area (Å²) in [7, 11) is 0. The maximum absolute atomic E-state index is 11.0. The molecule has 0 unspecified atom stereocenters. The minimum atomic E-state index is -0.848. The van der Waals surface area contributed by atoms with Crippen LogP contribution in [0, 0.1) is 0 Å². The number of pyridine rings is 1. The van der Waals surface area contributed by atoms with E-state index in [2.05, 4.69) is 9.97 Å². The highest BCUT2D eigenvalue weighted by molar-refractivity contribution is 7.17. The summed E-state index contributed by atoms with van der Waals surface area (Å²) in [5.41, 5.74) is 1.53. The lowest BCUT2D eigenvalue weighted by Gasteiger charge is -1.95. The molecule has 0 saturated carbocycles. The number of aromatic nitrogens is 2. The number of carboxylic acids is 1. The molecule has 0 aliphatic heterocycles. The van der Waals surface area contributed by atoms with Crippen LogP contribution in [0.1, 0.15) is 4.88 Å². The predicted octanol–water partition coefficient (Wildman–Crippen LogP) is 3.56. The first kappa shape index (κ1) is 13.0. The van der Waals surface area contributed by atoms with Gasteiger partial charge in [0.15, 0.2) is 0 Å². The molecule has 0 atom stereocenters. The molecule has 4 nitrogen and oxygen atoms in total. The average Bonchev–Trinajstić information content (AvgIpc) is 3.08. The zero-order chi connectivity index (χ0) is 13.9. The van der Waals surface area contributed by atoms with Crippen molar-refractivity contribution >= 4 is 28.6 Å². The van der Waals surface area contributed by atoms with Crippen LogP contribution >= 0.6 is 22.7 Å². The second kappa shape index (κ2) is 5.52. The summed E-state index contributed by atoms with van der Waals surface area (Å²) >= 11 is 2.95. The van der Waals surface area contributed by atoms with Crippen LogP contribution in [-0.2, 0) is 11.2 Å². The molecule has 0 aliphatic rings. The Balaban J connectivity index is 2.08. The van der Waals surface area contributed by atoms with Gasteiger partial charge in [0.2, 0.25) is 0 Å². The highest BCUT2D eigenvalue weighted by Crippen LogP contribution is 2.35. The maximum Gasteiger partial charge on any atom is 0.308 e. The highest BCUT2D eigenvalue weighted by atomic mass is 32.1. The van der Waals surface area contributed by atoms with Gasteiger partial charge in [-0.05, 0) is 23.6 Å². The van der Waals surface area contributed by atoms with Crippen LogP contribution in [0.3, 0.4) is 0 Å². The molecule has 3 aromatic rings. The lowest BCUT2D eigenvalue weighted by Crippen LogP contribution is -1.98. The SMILES string of the molecule is O=C(O)Cc1sc(-c2ccccn2)nc1-c1cccs1. The van der Waals surface area contributed by atoms with E-state index in [1.807, 2.05) is 35.7 Å². The third-order valence-electron chi connectivity index (χ3n) is 2.65. The number of hydrogen-bond acceptors (Lipinski definition) is 5. The largest absolute Gasteiger partial charge is 0.481 e. The summed E-state index contributed by atoms with van der Waals surface area (Å²) in [6.45, 7) is 0. The van der Waals surface area contributed by atoms with E-state index in [0.29, 0.717) is 0 Å². The van der Waals surface area contributed by atoms with Crippen molar-refractivity contribution in [2.45, 2.75) is 6.42 Å². The fourth-order valence-corrected chi connectivity index (χ4v) is 3.66. The zero-order valence-electron chi connectivity index (χ0n) is 10.3. The Morgan fingerprint density at radius 2 is 2.15 bits per heavy atom. The van der Waals surface area contributed by atoms with Gasteiger partial charge < -0.3 is 5.11 Å². The van der Waals surface area contributed by atoms with Gasteiger partial charge in [-0.15, -0.1) is 22.7 Å². The molecular formula is C14H10N2O2S2. The van der Waals surface area contributed by atoms with E-state index in [1.165, 1.54) is 11.3 Å². The van der Waals surface area contributed by atoms with Gasteiger partial charge in [0, 0.05) is 11.1 Å². The van der Waals surface area contributed by atoms with Crippen molar-refractivity contribution in [3.8, 4) is 21.3 Å². The van der Waals surface area contributed by atoms with Gasteiger partial charge in [-0.3, -0.25) is 9.78 Å². The number of hydrogen-bond donors (Lipinski definition) is 1. The lowest BCUT2D eigenvalue weighted by atomic mass is 10.2. The Labute approximate surface area is 123 Å². The van der Waals surface area contributed by atoms with E-state index in [1.54, 1.807) is 17.5 Å². The quantitative estimate of drug-likeness (QED) is 0.800. The van der Waals surface area contributed by atoms with Crippen LogP contribution in [0.4, 0.5) is 0 Å². The van der Waals surface area contributed by atoms with Crippen molar-refractivity contribution in [1.29, 1.82) is 0 Å². The second-order valence-corrected chi connectivity index (χ2v) is 6.08. The van der Waals surface area contributed by atoms with Crippen molar-refractivity contribution in [3.63, 3.8) is 0 Å². The van der Waals surface area contributed by atoms with E-state index in [9.17, 15) is 4.79 Å². The molecule has 1 N–H and O–H groups in total. The Morgan fingerprint density at radius 3 is 2.80 bits per heavy atom. The van der Waals surface area contributed by atoms with Gasteiger partial charge in [-0.1, -0.05) is 12.1 Å². The summed E-state index contributed by atoms with van der Waals surface area (Å²) in [4.78, 5) is 21.6. The highest BCUT2D eigenvalue weighted by Gasteiger charge is 2.17. The first-order valence-corrected chi connectivity index (χ1v) is 7.60. The van der Waals surface area contributed by atoms with E-state index in [-0.39, 0.29) is 6.42 Å². The number of rotatable bonds is 4. The zero-order valence-corrected chi connectivity index (χ0v) is 11.9. The molecule has 3 heterocycles. The van der Waals surface area contributed by atoms with Crippen LogP contribution in [0.5, 0.6) is 0 Å². The molecule has 3 aromatic heterocycles. The molecule has 0 fully saturated rings. The Bertz CT molecular complexity index is 721. The molecule has 0 aromatic carbocycles.